The lowest BCUT2D eigenvalue weighted by molar-refractivity contribution is -0.153. The van der Waals surface area contributed by atoms with Gasteiger partial charge in [-0.3, -0.25) is 19.4 Å². The lowest BCUT2D eigenvalue weighted by Crippen LogP contribution is -2.45. The molecule has 1 saturated heterocycles. The minimum atomic E-state index is -0.806. The number of urea groups is 1. The van der Waals surface area contributed by atoms with Crippen molar-refractivity contribution < 1.29 is 29.0 Å². The summed E-state index contributed by atoms with van der Waals surface area (Å²) in [7, 11) is 3.14. The van der Waals surface area contributed by atoms with Gasteiger partial charge in [0.1, 0.15) is 13.2 Å². The van der Waals surface area contributed by atoms with E-state index < -0.39 is 11.4 Å². The van der Waals surface area contributed by atoms with Crippen molar-refractivity contribution in [2.45, 2.75) is 51.6 Å². The average molecular weight is 572 g/mol. The first-order valence-corrected chi connectivity index (χ1v) is 14.1. The number of carbonyl (C=O) groups is 3. The number of methoxy groups -OCH3 is 1. The molecule has 0 spiro atoms. The van der Waals surface area contributed by atoms with Crippen LogP contribution in [0.1, 0.15) is 56.2 Å². The molecule has 3 amide bonds. The first-order chi connectivity index (χ1) is 19.1. The number of likely N-dealkylation sites (N-methyl/N-ethyl adjacent to an activating group) is 1. The number of carbonyl (C=O) groups excluding carboxylic acids is 2. The lowest BCUT2D eigenvalue weighted by Gasteiger charge is -2.40. The average Bonchev–Trinajstić information content (AvgIpc) is 3.19. The Hall–Kier alpha value is -3.30. The first kappa shape index (κ1) is 29.7. The van der Waals surface area contributed by atoms with Crippen LogP contribution in [0.4, 0.5) is 4.79 Å². The number of carboxylic acid groups (broad SMARTS) is 1. The highest BCUT2D eigenvalue weighted by Crippen LogP contribution is 2.40. The molecular weight excluding hydrogens is 534 g/mol. The van der Waals surface area contributed by atoms with E-state index in [1.165, 1.54) is 9.80 Å². The summed E-state index contributed by atoms with van der Waals surface area (Å²) in [6.45, 7) is 3.31. The van der Waals surface area contributed by atoms with Crippen LogP contribution in [0, 0.1) is 5.41 Å². The van der Waals surface area contributed by atoms with E-state index in [1.54, 1.807) is 20.2 Å². The SMILES string of the molecule is COc1cc(CN(CC2(C(=O)O)CCCCC2)C(C)c2ccccc2Cl)ccc1OCCN1C(=O)CN(C)C1=O. The highest BCUT2D eigenvalue weighted by Gasteiger charge is 2.42. The number of hydrogen-bond donors (Lipinski definition) is 1. The van der Waals surface area contributed by atoms with Gasteiger partial charge in [0, 0.05) is 31.2 Å². The van der Waals surface area contributed by atoms with Crippen LogP contribution in [0.2, 0.25) is 5.02 Å². The molecule has 1 atom stereocenters. The van der Waals surface area contributed by atoms with Crippen molar-refractivity contribution in [1.29, 1.82) is 0 Å². The Labute approximate surface area is 240 Å². The van der Waals surface area contributed by atoms with Gasteiger partial charge in [0.05, 0.1) is 19.1 Å². The van der Waals surface area contributed by atoms with Gasteiger partial charge in [0.2, 0.25) is 5.91 Å². The van der Waals surface area contributed by atoms with Crippen LogP contribution in [-0.4, -0.2) is 78.1 Å². The van der Waals surface area contributed by atoms with Crippen molar-refractivity contribution in [2.75, 3.05) is 40.4 Å². The first-order valence-electron chi connectivity index (χ1n) is 13.7. The van der Waals surface area contributed by atoms with E-state index in [2.05, 4.69) is 11.8 Å². The summed E-state index contributed by atoms with van der Waals surface area (Å²) in [5.41, 5.74) is 1.08. The molecule has 1 unspecified atom stereocenters. The molecule has 1 heterocycles. The Kier molecular flexibility index (Phi) is 9.58. The quantitative estimate of drug-likeness (QED) is 0.349. The summed E-state index contributed by atoms with van der Waals surface area (Å²) in [5, 5.41) is 10.9. The second-order valence-electron chi connectivity index (χ2n) is 10.8. The van der Waals surface area contributed by atoms with E-state index in [4.69, 9.17) is 21.1 Å². The van der Waals surface area contributed by atoms with E-state index in [1.807, 2.05) is 36.4 Å². The number of halogens is 1. The summed E-state index contributed by atoms with van der Waals surface area (Å²) in [6.07, 6.45) is 4.19. The van der Waals surface area contributed by atoms with Gasteiger partial charge >= 0.3 is 12.0 Å². The Bertz CT molecular complexity index is 1230. The van der Waals surface area contributed by atoms with Crippen molar-refractivity contribution in [1.82, 2.24) is 14.7 Å². The normalized spacial score (nSPS) is 17.8. The van der Waals surface area contributed by atoms with Gasteiger partial charge in [-0.25, -0.2) is 4.79 Å². The Morgan fingerprint density at radius 2 is 1.85 bits per heavy atom. The number of nitrogens with zero attached hydrogens (tertiary/aromatic N) is 3. The summed E-state index contributed by atoms with van der Waals surface area (Å²) in [5.74, 6) is 0.0256. The molecule has 216 valence electrons. The molecule has 40 heavy (non-hydrogen) atoms. The zero-order valence-electron chi connectivity index (χ0n) is 23.4. The van der Waals surface area contributed by atoms with Crippen molar-refractivity contribution in [3.63, 3.8) is 0 Å². The van der Waals surface area contributed by atoms with Crippen molar-refractivity contribution in [3.8, 4) is 11.5 Å². The minimum absolute atomic E-state index is 0.0726. The van der Waals surface area contributed by atoms with Crippen LogP contribution in [0.5, 0.6) is 11.5 Å². The number of benzene rings is 2. The maximum absolute atomic E-state index is 12.6. The van der Waals surface area contributed by atoms with Gasteiger partial charge in [0.25, 0.3) is 0 Å². The number of rotatable bonds is 12. The minimum Gasteiger partial charge on any atom is -0.493 e. The molecule has 0 radical (unpaired) electrons. The smallest absolute Gasteiger partial charge is 0.327 e. The highest BCUT2D eigenvalue weighted by molar-refractivity contribution is 6.31. The second kappa shape index (κ2) is 12.9. The molecule has 1 aliphatic carbocycles. The second-order valence-corrected chi connectivity index (χ2v) is 11.2. The van der Waals surface area contributed by atoms with E-state index in [-0.39, 0.29) is 37.7 Å². The third-order valence-electron chi connectivity index (χ3n) is 8.09. The molecule has 1 aliphatic heterocycles. The molecule has 0 aromatic heterocycles. The fourth-order valence-corrected chi connectivity index (χ4v) is 5.99. The topological polar surface area (TPSA) is 99.6 Å². The van der Waals surface area contributed by atoms with Gasteiger partial charge in [0.15, 0.2) is 11.5 Å². The van der Waals surface area contributed by atoms with Gasteiger partial charge in [-0.15, -0.1) is 0 Å². The van der Waals surface area contributed by atoms with Gasteiger partial charge in [-0.1, -0.05) is 55.1 Å². The number of imide groups is 1. The third kappa shape index (κ3) is 6.53. The predicted molar refractivity (Wildman–Crippen MR) is 152 cm³/mol. The van der Waals surface area contributed by atoms with Crippen molar-refractivity contribution in [2.24, 2.45) is 5.41 Å². The fourth-order valence-electron chi connectivity index (χ4n) is 5.70. The Balaban J connectivity index is 1.53. The maximum atomic E-state index is 12.6. The van der Waals surface area contributed by atoms with Crippen molar-refractivity contribution >= 4 is 29.5 Å². The zero-order chi connectivity index (χ0) is 28.9. The molecule has 10 heteroatoms. The highest BCUT2D eigenvalue weighted by atomic mass is 35.5. The van der Waals surface area contributed by atoms with Crippen LogP contribution in [0.25, 0.3) is 0 Å². The summed E-state index contributed by atoms with van der Waals surface area (Å²) >= 11 is 6.57. The predicted octanol–water partition coefficient (Wildman–Crippen LogP) is 5.22. The molecule has 2 aromatic carbocycles. The summed E-state index contributed by atoms with van der Waals surface area (Å²) in [6, 6.07) is 12.8. The molecule has 1 N–H and O–H groups in total. The Morgan fingerprint density at radius 3 is 2.48 bits per heavy atom. The molecule has 2 fully saturated rings. The standard InChI is InChI=1S/C30H38ClN3O6/c1-21(23-9-5-6-10-24(23)31)33(20-30(28(36)37)13-7-4-8-14-30)18-22-11-12-25(26(17-22)39-3)40-16-15-34-27(35)19-32(2)29(34)38/h5-6,9-12,17,21H,4,7-8,13-16,18-20H2,1-3H3,(H,36,37). The summed E-state index contributed by atoms with van der Waals surface area (Å²) < 4.78 is 11.5. The molecule has 1 saturated carbocycles. The van der Waals surface area contributed by atoms with Crippen LogP contribution < -0.4 is 9.47 Å². The number of carboxylic acids is 1. The van der Waals surface area contributed by atoms with E-state index in [9.17, 15) is 19.5 Å². The molecular formula is C30H38ClN3O6. The van der Waals surface area contributed by atoms with E-state index >= 15 is 0 Å². The molecule has 4 rings (SSSR count). The third-order valence-corrected chi connectivity index (χ3v) is 8.43. The van der Waals surface area contributed by atoms with E-state index in [0.717, 1.165) is 30.4 Å². The maximum Gasteiger partial charge on any atom is 0.327 e. The number of hydrogen-bond acceptors (Lipinski definition) is 6. The molecule has 0 bridgehead atoms. The van der Waals surface area contributed by atoms with Gasteiger partial charge in [-0.2, -0.15) is 0 Å². The van der Waals surface area contributed by atoms with Gasteiger partial charge < -0.3 is 19.5 Å². The van der Waals surface area contributed by atoms with E-state index in [0.29, 0.717) is 42.5 Å². The Morgan fingerprint density at radius 1 is 1.12 bits per heavy atom. The lowest BCUT2D eigenvalue weighted by atomic mass is 9.73. The fraction of sp³-hybridized carbons (Fsp3) is 0.500. The molecule has 2 aromatic rings. The zero-order valence-corrected chi connectivity index (χ0v) is 24.2. The van der Waals surface area contributed by atoms with Crippen molar-refractivity contribution in [3.05, 3.63) is 58.6 Å². The molecule has 9 nitrogen and oxygen atoms in total. The van der Waals surface area contributed by atoms with Crippen LogP contribution >= 0.6 is 11.6 Å². The van der Waals surface area contributed by atoms with Crippen LogP contribution in [0.15, 0.2) is 42.5 Å². The van der Waals surface area contributed by atoms with Crippen LogP contribution in [0.3, 0.4) is 0 Å². The van der Waals surface area contributed by atoms with Gasteiger partial charge in [-0.05, 0) is 49.1 Å². The number of ether oxygens (including phenoxy) is 2. The summed E-state index contributed by atoms with van der Waals surface area (Å²) in [4.78, 5) is 41.4. The van der Waals surface area contributed by atoms with Crippen LogP contribution in [-0.2, 0) is 16.1 Å². The molecule has 2 aliphatic rings. The monoisotopic (exact) mass is 571 g/mol. The number of aliphatic carboxylic acids is 1. The largest absolute Gasteiger partial charge is 0.493 e. The number of amides is 3.